The van der Waals surface area contributed by atoms with Crippen LogP contribution in [0.5, 0.6) is 5.75 Å². The van der Waals surface area contributed by atoms with Gasteiger partial charge < -0.3 is 15.2 Å². The first kappa shape index (κ1) is 19.2. The highest BCUT2D eigenvalue weighted by Gasteiger charge is 2.25. The number of rotatable bonds is 7. The summed E-state index contributed by atoms with van der Waals surface area (Å²) in [7, 11) is -3.15. The van der Waals surface area contributed by atoms with E-state index >= 15 is 0 Å². The Morgan fingerprint density at radius 1 is 1.32 bits per heavy atom. The highest BCUT2D eigenvalue weighted by atomic mass is 32.2. The second-order valence-electron chi connectivity index (χ2n) is 6.03. The number of nitrogens with zero attached hydrogens (tertiary/aromatic N) is 1. The average molecular weight is 370 g/mol. The van der Waals surface area contributed by atoms with Crippen molar-refractivity contribution in [1.29, 1.82) is 0 Å². The van der Waals surface area contributed by atoms with Crippen LogP contribution in [0, 0.1) is 5.92 Å². The summed E-state index contributed by atoms with van der Waals surface area (Å²) < 4.78 is 29.5. The summed E-state index contributed by atoms with van der Waals surface area (Å²) in [5, 5.41) is 11.4. The summed E-state index contributed by atoms with van der Waals surface area (Å²) in [5.41, 5.74) is 0.386. The molecule has 0 atom stereocenters. The van der Waals surface area contributed by atoms with Crippen molar-refractivity contribution >= 4 is 21.9 Å². The van der Waals surface area contributed by atoms with Gasteiger partial charge in [-0.15, -0.1) is 0 Å². The highest BCUT2D eigenvalue weighted by Crippen LogP contribution is 2.19. The van der Waals surface area contributed by atoms with Gasteiger partial charge in [0.25, 0.3) is 5.91 Å². The van der Waals surface area contributed by atoms with E-state index in [2.05, 4.69) is 5.32 Å². The van der Waals surface area contributed by atoms with Crippen molar-refractivity contribution in [2.75, 3.05) is 32.5 Å². The maximum absolute atomic E-state index is 12.2. The molecule has 1 fully saturated rings. The lowest BCUT2D eigenvalue weighted by atomic mass is 9.98. The Bertz CT molecular complexity index is 726. The molecule has 9 heteroatoms. The van der Waals surface area contributed by atoms with E-state index in [0.717, 1.165) is 0 Å². The number of carbonyl (C=O) groups excluding carboxylic acids is 1. The number of benzene rings is 1. The molecule has 8 nitrogen and oxygen atoms in total. The lowest BCUT2D eigenvalue weighted by molar-refractivity contribution is -0.139. The standard InChI is InChI=1S/C16H22N2O6S/c1-25(22,23)18-7-5-12(6-8-18)10-17-16(21)13-3-2-4-14(9-13)24-11-15(19)20/h2-4,9,12H,5-8,10-11H2,1H3,(H,17,21)(H,19,20). The minimum Gasteiger partial charge on any atom is -0.482 e. The van der Waals surface area contributed by atoms with Crippen LogP contribution in [-0.4, -0.2) is 62.2 Å². The molecule has 1 aromatic rings. The van der Waals surface area contributed by atoms with E-state index in [1.165, 1.54) is 16.6 Å². The number of hydrogen-bond acceptors (Lipinski definition) is 5. The Hall–Kier alpha value is -2.13. The summed E-state index contributed by atoms with van der Waals surface area (Å²) in [6, 6.07) is 6.32. The molecule has 0 spiro atoms. The lowest BCUT2D eigenvalue weighted by Gasteiger charge is -2.30. The number of hydrogen-bond donors (Lipinski definition) is 2. The van der Waals surface area contributed by atoms with Crippen molar-refractivity contribution in [3.05, 3.63) is 29.8 Å². The topological polar surface area (TPSA) is 113 Å². The maximum atomic E-state index is 12.2. The second kappa shape index (κ2) is 8.30. The van der Waals surface area contributed by atoms with Crippen LogP contribution in [0.4, 0.5) is 0 Å². The van der Waals surface area contributed by atoms with E-state index in [-0.39, 0.29) is 11.8 Å². The Balaban J connectivity index is 1.83. The van der Waals surface area contributed by atoms with E-state index in [4.69, 9.17) is 9.84 Å². The fourth-order valence-corrected chi connectivity index (χ4v) is 3.53. The molecule has 0 aromatic heterocycles. The molecule has 1 aliphatic heterocycles. The first-order chi connectivity index (χ1) is 11.8. The molecule has 2 rings (SSSR count). The molecule has 25 heavy (non-hydrogen) atoms. The minimum atomic E-state index is -3.15. The molecule has 0 aliphatic carbocycles. The zero-order valence-electron chi connectivity index (χ0n) is 14.0. The van der Waals surface area contributed by atoms with Crippen molar-refractivity contribution in [2.24, 2.45) is 5.92 Å². The number of carboxylic acids is 1. The molecule has 1 saturated heterocycles. The largest absolute Gasteiger partial charge is 0.482 e. The molecular formula is C16H22N2O6S. The van der Waals surface area contributed by atoms with Gasteiger partial charge in [0.15, 0.2) is 6.61 Å². The van der Waals surface area contributed by atoms with Gasteiger partial charge in [-0.3, -0.25) is 4.79 Å². The van der Waals surface area contributed by atoms with Gasteiger partial charge in [-0.05, 0) is 37.0 Å². The molecule has 1 aromatic carbocycles. The number of piperidine rings is 1. The number of sulfonamides is 1. The van der Waals surface area contributed by atoms with Crippen molar-refractivity contribution in [2.45, 2.75) is 12.8 Å². The molecule has 1 heterocycles. The van der Waals surface area contributed by atoms with Crippen molar-refractivity contribution in [3.63, 3.8) is 0 Å². The van der Waals surface area contributed by atoms with Crippen molar-refractivity contribution in [1.82, 2.24) is 9.62 Å². The molecule has 0 bridgehead atoms. The van der Waals surface area contributed by atoms with Gasteiger partial charge in [-0.2, -0.15) is 0 Å². The van der Waals surface area contributed by atoms with Crippen LogP contribution in [0.3, 0.4) is 0 Å². The Labute approximate surface area is 146 Å². The van der Waals surface area contributed by atoms with Crippen LogP contribution in [0.1, 0.15) is 23.2 Å². The summed E-state index contributed by atoms with van der Waals surface area (Å²) in [4.78, 5) is 22.7. The summed E-state index contributed by atoms with van der Waals surface area (Å²) in [5.74, 6) is -0.813. The van der Waals surface area contributed by atoms with Gasteiger partial charge in [0.1, 0.15) is 5.75 Å². The SMILES string of the molecule is CS(=O)(=O)N1CCC(CNC(=O)c2cccc(OCC(=O)O)c2)CC1. The fraction of sp³-hybridized carbons (Fsp3) is 0.500. The number of aliphatic carboxylic acids is 1. The Morgan fingerprint density at radius 2 is 2.00 bits per heavy atom. The number of ether oxygens (including phenoxy) is 1. The maximum Gasteiger partial charge on any atom is 0.341 e. The average Bonchev–Trinajstić information content (AvgIpc) is 2.57. The molecule has 1 amide bonds. The molecule has 138 valence electrons. The molecule has 0 saturated carbocycles. The zero-order chi connectivity index (χ0) is 18.4. The van der Waals surface area contributed by atoms with Gasteiger partial charge in [-0.1, -0.05) is 6.07 Å². The third kappa shape index (κ3) is 6.02. The summed E-state index contributed by atoms with van der Waals surface area (Å²) in [6.45, 7) is 0.941. The lowest BCUT2D eigenvalue weighted by Crippen LogP contribution is -2.41. The first-order valence-corrected chi connectivity index (χ1v) is 9.78. The van der Waals surface area contributed by atoms with E-state index in [1.54, 1.807) is 18.2 Å². The van der Waals surface area contributed by atoms with Gasteiger partial charge in [0.05, 0.1) is 6.26 Å². The highest BCUT2D eigenvalue weighted by molar-refractivity contribution is 7.88. The molecular weight excluding hydrogens is 348 g/mol. The first-order valence-electron chi connectivity index (χ1n) is 7.93. The zero-order valence-corrected chi connectivity index (χ0v) is 14.8. The predicted octanol–water partition coefficient (Wildman–Crippen LogP) is 0.551. The van der Waals surface area contributed by atoms with Crippen LogP contribution in [-0.2, 0) is 14.8 Å². The third-order valence-corrected chi connectivity index (χ3v) is 5.36. The number of nitrogens with one attached hydrogen (secondary N) is 1. The van der Waals surface area contributed by atoms with Crippen LogP contribution in [0.2, 0.25) is 0 Å². The molecule has 0 radical (unpaired) electrons. The number of amides is 1. The van der Waals surface area contributed by atoms with Crippen LogP contribution < -0.4 is 10.1 Å². The van der Waals surface area contributed by atoms with E-state index in [0.29, 0.717) is 43.8 Å². The molecule has 1 aliphatic rings. The van der Waals surface area contributed by atoms with Gasteiger partial charge in [0.2, 0.25) is 10.0 Å². The Kier molecular flexibility index (Phi) is 6.38. The smallest absolute Gasteiger partial charge is 0.341 e. The van der Waals surface area contributed by atoms with E-state index in [1.807, 2.05) is 0 Å². The van der Waals surface area contributed by atoms with Gasteiger partial charge >= 0.3 is 5.97 Å². The Morgan fingerprint density at radius 3 is 2.60 bits per heavy atom. The molecule has 2 N–H and O–H groups in total. The van der Waals surface area contributed by atoms with Crippen LogP contribution in [0.25, 0.3) is 0 Å². The van der Waals surface area contributed by atoms with Gasteiger partial charge in [0, 0.05) is 25.2 Å². The van der Waals surface area contributed by atoms with Gasteiger partial charge in [-0.25, -0.2) is 17.5 Å². The third-order valence-electron chi connectivity index (χ3n) is 4.05. The number of carboxylic acid groups (broad SMARTS) is 1. The predicted molar refractivity (Wildman–Crippen MR) is 91.0 cm³/mol. The number of carbonyl (C=O) groups is 2. The van der Waals surface area contributed by atoms with Crippen molar-refractivity contribution in [3.8, 4) is 5.75 Å². The van der Waals surface area contributed by atoms with Crippen LogP contribution >= 0.6 is 0 Å². The molecule has 0 unspecified atom stereocenters. The normalized spacial score (nSPS) is 16.4. The summed E-state index contributed by atoms with van der Waals surface area (Å²) in [6.07, 6.45) is 2.61. The van der Waals surface area contributed by atoms with E-state index < -0.39 is 22.6 Å². The fourth-order valence-electron chi connectivity index (χ4n) is 2.66. The second-order valence-corrected chi connectivity index (χ2v) is 8.01. The van der Waals surface area contributed by atoms with E-state index in [9.17, 15) is 18.0 Å². The summed E-state index contributed by atoms with van der Waals surface area (Å²) >= 11 is 0. The minimum absolute atomic E-state index is 0.230. The van der Waals surface area contributed by atoms with Crippen molar-refractivity contribution < 1.29 is 27.9 Å². The quantitative estimate of drug-likeness (QED) is 0.725. The van der Waals surface area contributed by atoms with Crippen LogP contribution in [0.15, 0.2) is 24.3 Å². The monoisotopic (exact) mass is 370 g/mol.